The molecular weight excluding hydrogens is 696 g/mol. The fourth-order valence-corrected chi connectivity index (χ4v) is 15.1. The largest absolute Gasteiger partial charge is 0.394 e. The van der Waals surface area contributed by atoms with Gasteiger partial charge in [0.05, 0.1) is 19.3 Å². The minimum Gasteiger partial charge on any atom is -0.394 e. The summed E-state index contributed by atoms with van der Waals surface area (Å²) < 4.78 is 17.4. The summed E-state index contributed by atoms with van der Waals surface area (Å²) >= 11 is 0. The Morgan fingerprint density at radius 2 is 1.41 bits per heavy atom. The molecule has 0 spiro atoms. The molecule has 2 aliphatic heterocycles. The zero-order valence-electron chi connectivity index (χ0n) is 33.3. The number of hydrogen-bond donors (Lipinski definition) is 9. The molecule has 0 aromatic rings. The maximum Gasteiger partial charge on any atom is 0.187 e. The van der Waals surface area contributed by atoms with E-state index in [2.05, 4.69) is 48.1 Å². The second kappa shape index (κ2) is 13.9. The van der Waals surface area contributed by atoms with Gasteiger partial charge in [0.2, 0.25) is 0 Å². The highest BCUT2D eigenvalue weighted by Gasteiger charge is 2.72. The van der Waals surface area contributed by atoms with Crippen LogP contribution >= 0.6 is 0 Å². The smallest absolute Gasteiger partial charge is 0.187 e. The van der Waals surface area contributed by atoms with E-state index in [4.69, 9.17) is 14.2 Å². The topological polar surface area (TPSA) is 210 Å². The highest BCUT2D eigenvalue weighted by Crippen LogP contribution is 2.78. The molecule has 20 atom stereocenters. The fraction of sp³-hybridized carbons (Fsp3) is 0.952. The number of aliphatic hydroxyl groups is 9. The Bertz CT molecular complexity index is 1410. The van der Waals surface area contributed by atoms with Crippen LogP contribution in [-0.2, 0) is 14.2 Å². The van der Waals surface area contributed by atoms with Crippen LogP contribution in [0.25, 0.3) is 0 Å². The molecule has 3 unspecified atom stereocenters. The van der Waals surface area contributed by atoms with Crippen molar-refractivity contribution in [2.75, 3.05) is 13.2 Å². The van der Waals surface area contributed by atoms with Gasteiger partial charge in [-0.1, -0.05) is 46.8 Å². The lowest BCUT2D eigenvalue weighted by molar-refractivity contribution is -0.380. The molecule has 0 aromatic carbocycles. The van der Waals surface area contributed by atoms with Crippen molar-refractivity contribution in [3.05, 3.63) is 12.2 Å². The Hall–Kier alpha value is -0.740. The van der Waals surface area contributed by atoms with Gasteiger partial charge < -0.3 is 60.2 Å². The molecule has 7 fully saturated rings. The molecule has 12 nitrogen and oxygen atoms in total. The minimum absolute atomic E-state index is 0.0210. The van der Waals surface area contributed by atoms with Gasteiger partial charge in [-0.25, -0.2) is 0 Å². The van der Waals surface area contributed by atoms with Gasteiger partial charge in [-0.05, 0) is 134 Å². The van der Waals surface area contributed by atoms with Crippen molar-refractivity contribution in [1.29, 1.82) is 0 Å². The van der Waals surface area contributed by atoms with E-state index in [1.54, 1.807) is 0 Å². The van der Waals surface area contributed by atoms with E-state index in [1.165, 1.54) is 0 Å². The summed E-state index contributed by atoms with van der Waals surface area (Å²) in [6.45, 7) is 17.3. The highest BCUT2D eigenvalue weighted by atomic mass is 16.7. The SMILES string of the molecule is C=C(C)[C@@H]1CC[C@]2(C[C@@]3(O)[C@H](OC4O[C@H](CO)[C@@H](O)[C@H](O)[C@H]4O)[C@@H](CO)O[C@@H](O)[C@@H]3O)CC[C@]3(C)[C@H](CCC4[C@@]5(C)CCC(O)C(C)(C)[C@@H]5CC[C@]43C)[C@@H]12. The Morgan fingerprint density at radius 1 is 0.722 bits per heavy atom. The average Bonchev–Trinajstić information content (AvgIpc) is 3.50. The third kappa shape index (κ3) is 5.74. The molecule has 9 N–H and O–H groups in total. The lowest BCUT2D eigenvalue weighted by Crippen LogP contribution is -2.72. The third-order valence-corrected chi connectivity index (χ3v) is 18.1. The summed E-state index contributed by atoms with van der Waals surface area (Å²) in [6, 6.07) is 0. The quantitative estimate of drug-likeness (QED) is 0.171. The zero-order valence-corrected chi connectivity index (χ0v) is 33.3. The van der Waals surface area contributed by atoms with Gasteiger partial charge in [-0.3, -0.25) is 0 Å². The van der Waals surface area contributed by atoms with E-state index in [9.17, 15) is 46.0 Å². The molecule has 2 saturated heterocycles. The first kappa shape index (κ1) is 41.4. The Labute approximate surface area is 320 Å². The molecule has 54 heavy (non-hydrogen) atoms. The van der Waals surface area contributed by atoms with Crippen LogP contribution in [0.2, 0.25) is 0 Å². The van der Waals surface area contributed by atoms with Gasteiger partial charge in [0.15, 0.2) is 12.6 Å². The van der Waals surface area contributed by atoms with E-state index in [0.717, 1.165) is 69.8 Å². The van der Waals surface area contributed by atoms with E-state index in [-0.39, 0.29) is 46.0 Å². The summed E-state index contributed by atoms with van der Waals surface area (Å²) in [6.07, 6.45) is -5.48. The first-order valence-corrected chi connectivity index (χ1v) is 20.8. The summed E-state index contributed by atoms with van der Waals surface area (Å²) in [7, 11) is 0. The number of rotatable bonds is 7. The van der Waals surface area contributed by atoms with Gasteiger partial charge in [0.25, 0.3) is 0 Å². The number of allylic oxidation sites excluding steroid dienone is 1. The average molecular weight is 767 g/mol. The van der Waals surface area contributed by atoms with Crippen molar-refractivity contribution in [3.8, 4) is 0 Å². The van der Waals surface area contributed by atoms with E-state index >= 15 is 0 Å². The molecule has 0 radical (unpaired) electrons. The molecule has 7 rings (SSSR count). The molecule has 0 bridgehead atoms. The van der Waals surface area contributed by atoms with Gasteiger partial charge in [0.1, 0.15) is 48.3 Å². The van der Waals surface area contributed by atoms with Gasteiger partial charge in [-0.15, -0.1) is 0 Å². The summed E-state index contributed by atoms with van der Waals surface area (Å²) in [5.41, 5.74) is -1.59. The van der Waals surface area contributed by atoms with Crippen molar-refractivity contribution in [3.63, 3.8) is 0 Å². The molecule has 5 saturated carbocycles. The number of aliphatic hydroxyl groups excluding tert-OH is 8. The van der Waals surface area contributed by atoms with Crippen LogP contribution in [0, 0.1) is 56.7 Å². The first-order chi connectivity index (χ1) is 25.2. The normalized spacial score (nSPS) is 57.0. The van der Waals surface area contributed by atoms with Crippen molar-refractivity contribution in [1.82, 2.24) is 0 Å². The monoisotopic (exact) mass is 766 g/mol. The number of fused-ring (bicyclic) bond motifs is 7. The van der Waals surface area contributed by atoms with Crippen LogP contribution in [0.1, 0.15) is 112 Å². The maximum atomic E-state index is 12.9. The Balaban J connectivity index is 1.25. The second-order valence-electron chi connectivity index (χ2n) is 20.5. The second-order valence-corrected chi connectivity index (χ2v) is 20.5. The van der Waals surface area contributed by atoms with Crippen molar-refractivity contribution >= 4 is 0 Å². The van der Waals surface area contributed by atoms with Gasteiger partial charge in [0, 0.05) is 0 Å². The van der Waals surface area contributed by atoms with Crippen molar-refractivity contribution < 1.29 is 60.2 Å². The van der Waals surface area contributed by atoms with Crippen LogP contribution < -0.4 is 0 Å². The predicted molar refractivity (Wildman–Crippen MR) is 197 cm³/mol. The molecule has 2 heterocycles. The molecule has 0 aromatic heterocycles. The fourth-order valence-electron chi connectivity index (χ4n) is 15.1. The van der Waals surface area contributed by atoms with Crippen LogP contribution in [0.4, 0.5) is 0 Å². The van der Waals surface area contributed by atoms with Crippen LogP contribution in [0.5, 0.6) is 0 Å². The highest BCUT2D eigenvalue weighted by molar-refractivity contribution is 5.23. The molecule has 12 heteroatoms. The number of ether oxygens (including phenoxy) is 3. The summed E-state index contributed by atoms with van der Waals surface area (Å²) in [5.74, 6) is 1.53. The Morgan fingerprint density at radius 3 is 2.06 bits per heavy atom. The standard InChI is InChI=1S/C42H70O12/c1-21(2)22-10-15-41(20-42(51)33(49)35(50)52-25(19-44)34(42)54-36-32(48)31(47)30(46)24(18-43)53-36)17-16-39(6)23(29(22)41)8-9-27-38(5)13-12-28(45)37(3,4)26(38)11-14-40(27,39)7/h22-36,43-51H,1,8-20H2,2-7H3/t22-,23+,24+,25+,26-,27?,28?,29+,30+,31-,32+,33-,34+,35+,36?,38-,39+,40+,41+,42-/m0/s1. The van der Waals surface area contributed by atoms with Crippen LogP contribution in [0.15, 0.2) is 12.2 Å². The van der Waals surface area contributed by atoms with Crippen LogP contribution in [0.3, 0.4) is 0 Å². The van der Waals surface area contributed by atoms with Crippen LogP contribution in [-0.4, -0.2) is 126 Å². The number of hydrogen-bond acceptors (Lipinski definition) is 12. The molecule has 0 amide bonds. The van der Waals surface area contributed by atoms with E-state index < -0.39 is 79.5 Å². The summed E-state index contributed by atoms with van der Waals surface area (Å²) in [4.78, 5) is 0. The minimum atomic E-state index is -2.19. The van der Waals surface area contributed by atoms with E-state index in [1.807, 2.05) is 0 Å². The van der Waals surface area contributed by atoms with Crippen molar-refractivity contribution in [2.24, 2.45) is 56.7 Å². The molecule has 5 aliphatic carbocycles. The first-order valence-electron chi connectivity index (χ1n) is 20.8. The van der Waals surface area contributed by atoms with Gasteiger partial charge in [-0.2, -0.15) is 0 Å². The molecule has 7 aliphatic rings. The molecular formula is C42H70O12. The lowest BCUT2D eigenvalue weighted by atomic mass is 9.32. The Kier molecular flexibility index (Phi) is 10.7. The molecule has 310 valence electrons. The van der Waals surface area contributed by atoms with E-state index in [0.29, 0.717) is 17.8 Å². The predicted octanol–water partition coefficient (Wildman–Crippen LogP) is 2.38. The van der Waals surface area contributed by atoms with Gasteiger partial charge >= 0.3 is 0 Å². The third-order valence-electron chi connectivity index (χ3n) is 18.1. The van der Waals surface area contributed by atoms with Crippen molar-refractivity contribution in [2.45, 2.75) is 179 Å². The zero-order chi connectivity index (χ0) is 39.6. The maximum absolute atomic E-state index is 12.9. The lowest BCUT2D eigenvalue weighted by Gasteiger charge is -2.73. The summed E-state index contributed by atoms with van der Waals surface area (Å²) in [5, 5.41) is 99.0.